The predicted molar refractivity (Wildman–Crippen MR) is 77.1 cm³/mol. The van der Waals surface area contributed by atoms with Crippen molar-refractivity contribution in [2.45, 2.75) is 26.7 Å². The number of benzene rings is 1. The summed E-state index contributed by atoms with van der Waals surface area (Å²) < 4.78 is 18.6. The lowest BCUT2D eigenvalue weighted by molar-refractivity contribution is -0.123. The van der Waals surface area contributed by atoms with Crippen LogP contribution in [-0.4, -0.2) is 25.6 Å². The van der Waals surface area contributed by atoms with Crippen molar-refractivity contribution in [1.82, 2.24) is 5.32 Å². The van der Waals surface area contributed by atoms with E-state index in [0.717, 1.165) is 12.0 Å². The number of amides is 1. The summed E-state index contributed by atoms with van der Waals surface area (Å²) in [5.74, 6) is 0.312. The van der Waals surface area contributed by atoms with E-state index in [2.05, 4.69) is 19.2 Å². The molecule has 0 saturated heterocycles. The lowest BCUT2D eigenvalue weighted by Gasteiger charge is -2.10. The largest absolute Gasteiger partial charge is 0.484 e. The van der Waals surface area contributed by atoms with E-state index < -0.39 is 0 Å². The maximum absolute atomic E-state index is 13.3. The van der Waals surface area contributed by atoms with Gasteiger partial charge in [-0.2, -0.15) is 0 Å². The first-order valence-corrected chi connectivity index (χ1v) is 6.90. The third kappa shape index (κ3) is 6.52. The summed E-state index contributed by atoms with van der Waals surface area (Å²) in [5, 5.41) is 2.76. The van der Waals surface area contributed by atoms with Gasteiger partial charge in [-0.05, 0) is 43.0 Å². The molecule has 0 spiro atoms. The van der Waals surface area contributed by atoms with Crippen LogP contribution in [0.4, 0.5) is 4.39 Å². The maximum Gasteiger partial charge on any atom is 0.257 e. The minimum absolute atomic E-state index is 0.108. The second-order valence-corrected chi connectivity index (χ2v) is 5.16. The molecule has 0 aliphatic rings. The van der Waals surface area contributed by atoms with Gasteiger partial charge in [-0.25, -0.2) is 4.39 Å². The van der Waals surface area contributed by atoms with Crippen LogP contribution in [0.1, 0.15) is 25.8 Å². The predicted octanol–water partition coefficient (Wildman–Crippen LogP) is 1.87. The van der Waals surface area contributed by atoms with Crippen molar-refractivity contribution in [3.63, 3.8) is 0 Å². The molecule has 0 unspecified atom stereocenters. The molecule has 0 bridgehead atoms. The molecule has 1 rings (SSSR count). The molecule has 0 aromatic heterocycles. The summed E-state index contributed by atoms with van der Waals surface area (Å²) in [6.07, 6.45) is 1.50. The zero-order valence-electron chi connectivity index (χ0n) is 12.1. The number of ether oxygens (including phenoxy) is 1. The van der Waals surface area contributed by atoms with E-state index in [-0.39, 0.29) is 18.3 Å². The van der Waals surface area contributed by atoms with Crippen LogP contribution < -0.4 is 15.8 Å². The Balaban J connectivity index is 2.42. The van der Waals surface area contributed by atoms with E-state index >= 15 is 0 Å². The van der Waals surface area contributed by atoms with E-state index in [9.17, 15) is 9.18 Å². The standard InChI is InChI=1S/C15H23FN2O2/c1-11(2)4-6-18-15(19)10-20-14-8-12(3-5-17)7-13(16)9-14/h7-9,11H,3-6,10,17H2,1-2H3,(H,18,19). The fourth-order valence-corrected chi connectivity index (χ4v) is 1.72. The molecule has 1 amide bonds. The van der Waals surface area contributed by atoms with Crippen molar-refractivity contribution >= 4 is 5.91 Å². The number of nitrogens with two attached hydrogens (primary N) is 1. The zero-order valence-corrected chi connectivity index (χ0v) is 12.1. The van der Waals surface area contributed by atoms with Gasteiger partial charge in [-0.1, -0.05) is 13.8 Å². The van der Waals surface area contributed by atoms with Gasteiger partial charge in [0.2, 0.25) is 0 Å². The van der Waals surface area contributed by atoms with E-state index in [0.29, 0.717) is 31.2 Å². The molecule has 0 aliphatic carbocycles. The Hall–Kier alpha value is -1.62. The average Bonchev–Trinajstić information content (AvgIpc) is 2.36. The first-order valence-electron chi connectivity index (χ1n) is 6.90. The molecule has 0 heterocycles. The summed E-state index contributed by atoms with van der Waals surface area (Å²) in [7, 11) is 0. The van der Waals surface area contributed by atoms with Crippen LogP contribution >= 0.6 is 0 Å². The Kier molecular flexibility index (Phi) is 7.01. The fourth-order valence-electron chi connectivity index (χ4n) is 1.72. The van der Waals surface area contributed by atoms with Crippen molar-refractivity contribution in [2.24, 2.45) is 11.7 Å². The third-order valence-corrected chi connectivity index (χ3v) is 2.78. The first-order chi connectivity index (χ1) is 9.51. The number of carbonyl (C=O) groups is 1. The highest BCUT2D eigenvalue weighted by molar-refractivity contribution is 5.77. The van der Waals surface area contributed by atoms with E-state index in [4.69, 9.17) is 10.5 Å². The van der Waals surface area contributed by atoms with Crippen LogP contribution in [0, 0.1) is 11.7 Å². The number of carbonyl (C=O) groups excluding carboxylic acids is 1. The highest BCUT2D eigenvalue weighted by Gasteiger charge is 2.05. The van der Waals surface area contributed by atoms with Gasteiger partial charge in [0.25, 0.3) is 5.91 Å². The topological polar surface area (TPSA) is 64.3 Å². The molecular formula is C15H23FN2O2. The second-order valence-electron chi connectivity index (χ2n) is 5.16. The van der Waals surface area contributed by atoms with Crippen LogP contribution in [0.3, 0.4) is 0 Å². The maximum atomic E-state index is 13.3. The Morgan fingerprint density at radius 2 is 2.15 bits per heavy atom. The third-order valence-electron chi connectivity index (χ3n) is 2.78. The van der Waals surface area contributed by atoms with Crippen LogP contribution in [0.25, 0.3) is 0 Å². The van der Waals surface area contributed by atoms with Crippen LogP contribution in [0.2, 0.25) is 0 Å². The molecule has 5 heteroatoms. The van der Waals surface area contributed by atoms with Crippen molar-refractivity contribution in [1.29, 1.82) is 0 Å². The molecule has 1 aromatic rings. The molecule has 0 fully saturated rings. The Morgan fingerprint density at radius 1 is 1.40 bits per heavy atom. The first kappa shape index (κ1) is 16.4. The smallest absolute Gasteiger partial charge is 0.257 e. The summed E-state index contributed by atoms with van der Waals surface area (Å²) >= 11 is 0. The minimum atomic E-state index is -0.383. The molecule has 0 aliphatic heterocycles. The van der Waals surface area contributed by atoms with Gasteiger partial charge in [0.05, 0.1) is 0 Å². The number of hydrogen-bond donors (Lipinski definition) is 2. The van der Waals surface area contributed by atoms with Gasteiger partial charge < -0.3 is 15.8 Å². The lowest BCUT2D eigenvalue weighted by Crippen LogP contribution is -2.30. The number of nitrogens with one attached hydrogen (secondary N) is 1. The Bertz CT molecular complexity index is 436. The molecule has 20 heavy (non-hydrogen) atoms. The molecule has 112 valence electrons. The molecule has 4 nitrogen and oxygen atoms in total. The van der Waals surface area contributed by atoms with Gasteiger partial charge in [-0.3, -0.25) is 4.79 Å². The Morgan fingerprint density at radius 3 is 2.80 bits per heavy atom. The van der Waals surface area contributed by atoms with Crippen molar-refractivity contribution in [3.05, 3.63) is 29.6 Å². The van der Waals surface area contributed by atoms with Gasteiger partial charge in [0, 0.05) is 12.6 Å². The van der Waals surface area contributed by atoms with Crippen molar-refractivity contribution < 1.29 is 13.9 Å². The molecule has 0 atom stereocenters. The molecule has 0 saturated carbocycles. The monoisotopic (exact) mass is 282 g/mol. The summed E-state index contributed by atoms with van der Waals surface area (Å²) in [4.78, 5) is 11.5. The van der Waals surface area contributed by atoms with E-state index in [1.54, 1.807) is 6.07 Å². The number of halogens is 1. The minimum Gasteiger partial charge on any atom is -0.484 e. The molecule has 3 N–H and O–H groups in total. The van der Waals surface area contributed by atoms with Gasteiger partial charge in [0.1, 0.15) is 11.6 Å². The van der Waals surface area contributed by atoms with E-state index in [1.807, 2.05) is 0 Å². The van der Waals surface area contributed by atoms with E-state index in [1.165, 1.54) is 12.1 Å². The Labute approximate surface area is 119 Å². The quantitative estimate of drug-likeness (QED) is 0.765. The van der Waals surface area contributed by atoms with Crippen LogP contribution in [0.15, 0.2) is 18.2 Å². The van der Waals surface area contributed by atoms with Gasteiger partial charge in [0.15, 0.2) is 6.61 Å². The summed E-state index contributed by atoms with van der Waals surface area (Å²) in [6, 6.07) is 4.39. The van der Waals surface area contributed by atoms with Crippen LogP contribution in [0.5, 0.6) is 5.75 Å². The zero-order chi connectivity index (χ0) is 15.0. The highest BCUT2D eigenvalue weighted by Crippen LogP contribution is 2.16. The number of rotatable bonds is 8. The summed E-state index contributed by atoms with van der Waals surface area (Å²) in [5.41, 5.74) is 6.20. The number of hydrogen-bond acceptors (Lipinski definition) is 3. The summed E-state index contributed by atoms with van der Waals surface area (Å²) in [6.45, 7) is 5.15. The van der Waals surface area contributed by atoms with Crippen molar-refractivity contribution in [2.75, 3.05) is 19.7 Å². The molecular weight excluding hydrogens is 259 g/mol. The highest BCUT2D eigenvalue weighted by atomic mass is 19.1. The van der Waals surface area contributed by atoms with Gasteiger partial charge in [-0.15, -0.1) is 0 Å². The normalized spacial score (nSPS) is 10.7. The molecule has 1 aromatic carbocycles. The van der Waals surface area contributed by atoms with Gasteiger partial charge >= 0.3 is 0 Å². The fraction of sp³-hybridized carbons (Fsp3) is 0.533. The lowest BCUT2D eigenvalue weighted by atomic mass is 10.1. The van der Waals surface area contributed by atoms with Crippen LogP contribution in [-0.2, 0) is 11.2 Å². The van der Waals surface area contributed by atoms with Crippen molar-refractivity contribution in [3.8, 4) is 5.75 Å². The average molecular weight is 282 g/mol. The SMILES string of the molecule is CC(C)CCNC(=O)COc1cc(F)cc(CCN)c1. The molecule has 0 radical (unpaired) electrons. The second kappa shape index (κ2) is 8.53.